The third-order valence-electron chi connectivity index (χ3n) is 2.96. The number of aliphatic hydroxyl groups is 2. The van der Waals surface area contributed by atoms with E-state index in [1.807, 2.05) is 39.0 Å². The number of aryl methyl sites for hydroxylation is 1. The molecule has 1 aliphatic heterocycles. The van der Waals surface area contributed by atoms with Gasteiger partial charge in [0.15, 0.2) is 0 Å². The van der Waals surface area contributed by atoms with E-state index in [-0.39, 0.29) is 0 Å². The molecule has 0 spiro atoms. The zero-order chi connectivity index (χ0) is 13.6. The second-order valence-corrected chi connectivity index (χ2v) is 4.05. The summed E-state index contributed by atoms with van der Waals surface area (Å²) in [4.78, 5) is 1.62. The number of ether oxygens (including phenoxy) is 1. The van der Waals surface area contributed by atoms with E-state index in [1.54, 1.807) is 11.0 Å². The van der Waals surface area contributed by atoms with Gasteiger partial charge in [0.1, 0.15) is 0 Å². The molecule has 0 atom stereocenters. The summed E-state index contributed by atoms with van der Waals surface area (Å²) in [5.41, 5.74) is 1.41. The van der Waals surface area contributed by atoms with Crippen molar-refractivity contribution in [2.24, 2.45) is 0 Å². The molecule has 0 aliphatic carbocycles. The first-order valence-electron chi connectivity index (χ1n) is 6.46. The van der Waals surface area contributed by atoms with Crippen molar-refractivity contribution >= 4 is 0 Å². The molecule has 2 rings (SSSR count). The van der Waals surface area contributed by atoms with E-state index in [2.05, 4.69) is 0 Å². The monoisotopic (exact) mass is 253 g/mol. The Morgan fingerprint density at radius 2 is 1.67 bits per heavy atom. The minimum atomic E-state index is -1.89. The third kappa shape index (κ3) is 3.29. The normalized spacial score (nSPS) is 16.9. The molecule has 0 amide bonds. The third-order valence-corrected chi connectivity index (χ3v) is 2.96. The first-order valence-corrected chi connectivity index (χ1v) is 6.46. The molecule has 0 saturated carbocycles. The summed E-state index contributed by atoms with van der Waals surface area (Å²) in [5.74, 6) is -1.89. The highest BCUT2D eigenvalue weighted by molar-refractivity contribution is 5.29. The largest absolute Gasteiger partial charge is 0.379 e. The van der Waals surface area contributed by atoms with Crippen molar-refractivity contribution in [3.05, 3.63) is 35.4 Å². The average molecular weight is 253 g/mol. The molecule has 0 radical (unpaired) electrons. The highest BCUT2D eigenvalue weighted by Crippen LogP contribution is 2.26. The Balaban J connectivity index is 0.000000771. The molecule has 4 heteroatoms. The summed E-state index contributed by atoms with van der Waals surface area (Å²) >= 11 is 0. The lowest BCUT2D eigenvalue weighted by molar-refractivity contribution is -0.287. The molecule has 0 bridgehead atoms. The van der Waals surface area contributed by atoms with Crippen LogP contribution in [0.2, 0.25) is 0 Å². The molecular formula is C14H23NO3. The lowest BCUT2D eigenvalue weighted by atomic mass is 10.0. The van der Waals surface area contributed by atoms with E-state index in [0.29, 0.717) is 31.9 Å². The number of morpholine rings is 1. The van der Waals surface area contributed by atoms with Crippen LogP contribution in [0.4, 0.5) is 0 Å². The predicted molar refractivity (Wildman–Crippen MR) is 71.0 cm³/mol. The molecule has 1 aliphatic rings. The summed E-state index contributed by atoms with van der Waals surface area (Å²) in [6.07, 6.45) is 0. The highest BCUT2D eigenvalue weighted by atomic mass is 16.5. The molecular weight excluding hydrogens is 230 g/mol. The van der Waals surface area contributed by atoms with Crippen LogP contribution in [-0.4, -0.2) is 41.4 Å². The van der Waals surface area contributed by atoms with E-state index in [1.165, 1.54) is 0 Å². The molecule has 1 heterocycles. The lowest BCUT2D eigenvalue weighted by Crippen LogP contribution is -2.51. The molecule has 1 aromatic carbocycles. The van der Waals surface area contributed by atoms with Crippen molar-refractivity contribution in [1.82, 2.24) is 4.90 Å². The fourth-order valence-corrected chi connectivity index (χ4v) is 1.99. The van der Waals surface area contributed by atoms with Crippen LogP contribution in [0.25, 0.3) is 0 Å². The van der Waals surface area contributed by atoms with Crippen LogP contribution in [0.15, 0.2) is 24.3 Å². The van der Waals surface area contributed by atoms with E-state index in [4.69, 9.17) is 4.74 Å². The van der Waals surface area contributed by atoms with Gasteiger partial charge in [-0.15, -0.1) is 0 Å². The maximum Gasteiger partial charge on any atom is 0.253 e. The van der Waals surface area contributed by atoms with Crippen molar-refractivity contribution in [2.45, 2.75) is 26.7 Å². The van der Waals surface area contributed by atoms with Crippen LogP contribution < -0.4 is 0 Å². The Morgan fingerprint density at radius 3 is 2.22 bits per heavy atom. The molecule has 1 fully saturated rings. The molecule has 4 nitrogen and oxygen atoms in total. The molecule has 0 unspecified atom stereocenters. The van der Waals surface area contributed by atoms with Crippen LogP contribution >= 0.6 is 0 Å². The van der Waals surface area contributed by atoms with Gasteiger partial charge in [-0.25, -0.2) is 4.90 Å². The molecule has 0 aromatic heterocycles. The van der Waals surface area contributed by atoms with Crippen LogP contribution in [-0.2, 0) is 10.6 Å². The average Bonchev–Trinajstić information content (AvgIpc) is 2.42. The predicted octanol–water partition coefficient (Wildman–Crippen LogP) is 1.45. The number of hydrogen-bond donors (Lipinski definition) is 2. The summed E-state index contributed by atoms with van der Waals surface area (Å²) in [6.45, 7) is 8.00. The van der Waals surface area contributed by atoms with Gasteiger partial charge < -0.3 is 14.9 Å². The van der Waals surface area contributed by atoms with Gasteiger partial charge in [-0.1, -0.05) is 38.1 Å². The van der Waals surface area contributed by atoms with E-state index in [0.717, 1.165) is 5.56 Å². The van der Waals surface area contributed by atoms with Gasteiger partial charge >= 0.3 is 0 Å². The Kier molecular flexibility index (Phi) is 5.75. The van der Waals surface area contributed by atoms with Gasteiger partial charge in [0.2, 0.25) is 0 Å². The number of hydrogen-bond acceptors (Lipinski definition) is 4. The minimum absolute atomic E-state index is 0.529. The van der Waals surface area contributed by atoms with Crippen molar-refractivity contribution < 1.29 is 14.9 Å². The van der Waals surface area contributed by atoms with Crippen molar-refractivity contribution in [3.8, 4) is 0 Å². The number of nitrogens with zero attached hydrogens (tertiary/aromatic N) is 1. The fourth-order valence-electron chi connectivity index (χ4n) is 1.99. The van der Waals surface area contributed by atoms with Gasteiger partial charge in [-0.3, -0.25) is 0 Å². The van der Waals surface area contributed by atoms with Gasteiger partial charge in [0, 0.05) is 18.7 Å². The van der Waals surface area contributed by atoms with Gasteiger partial charge in [0.05, 0.1) is 13.2 Å². The fraction of sp³-hybridized carbons (Fsp3) is 0.571. The Bertz CT molecular complexity index is 360. The maximum absolute atomic E-state index is 10.2. The summed E-state index contributed by atoms with van der Waals surface area (Å²) < 4.78 is 5.20. The first-order chi connectivity index (χ1) is 8.62. The van der Waals surface area contributed by atoms with E-state index < -0.39 is 5.91 Å². The quantitative estimate of drug-likeness (QED) is 0.783. The number of benzene rings is 1. The topological polar surface area (TPSA) is 52.9 Å². The molecule has 2 N–H and O–H groups in total. The molecule has 1 saturated heterocycles. The molecule has 18 heavy (non-hydrogen) atoms. The SMILES string of the molecule is CC.Cc1ccccc1C(O)(O)N1CCOCC1. The minimum Gasteiger partial charge on any atom is -0.379 e. The van der Waals surface area contributed by atoms with Crippen molar-refractivity contribution in [1.29, 1.82) is 0 Å². The second-order valence-electron chi connectivity index (χ2n) is 4.05. The second kappa shape index (κ2) is 6.85. The molecule has 1 aromatic rings. The van der Waals surface area contributed by atoms with E-state index >= 15 is 0 Å². The smallest absolute Gasteiger partial charge is 0.253 e. The Morgan fingerprint density at radius 1 is 1.11 bits per heavy atom. The summed E-state index contributed by atoms with van der Waals surface area (Å²) in [7, 11) is 0. The van der Waals surface area contributed by atoms with Crippen molar-refractivity contribution in [3.63, 3.8) is 0 Å². The lowest BCUT2D eigenvalue weighted by Gasteiger charge is -2.38. The van der Waals surface area contributed by atoms with Crippen LogP contribution in [0.5, 0.6) is 0 Å². The van der Waals surface area contributed by atoms with Gasteiger partial charge in [-0.2, -0.15) is 0 Å². The zero-order valence-corrected chi connectivity index (χ0v) is 11.4. The van der Waals surface area contributed by atoms with Gasteiger partial charge in [-0.05, 0) is 12.5 Å². The van der Waals surface area contributed by atoms with E-state index in [9.17, 15) is 10.2 Å². The molecule has 102 valence electrons. The van der Waals surface area contributed by atoms with Crippen LogP contribution in [0.1, 0.15) is 25.0 Å². The van der Waals surface area contributed by atoms with Gasteiger partial charge in [0.25, 0.3) is 5.91 Å². The van der Waals surface area contributed by atoms with Crippen LogP contribution in [0.3, 0.4) is 0 Å². The summed E-state index contributed by atoms with van der Waals surface area (Å²) in [5, 5.41) is 20.4. The Labute approximate surface area is 109 Å². The van der Waals surface area contributed by atoms with Crippen molar-refractivity contribution in [2.75, 3.05) is 26.3 Å². The maximum atomic E-state index is 10.2. The van der Waals surface area contributed by atoms with Crippen LogP contribution in [0, 0.1) is 6.92 Å². The first kappa shape index (κ1) is 15.1. The Hall–Kier alpha value is -0.940. The summed E-state index contributed by atoms with van der Waals surface area (Å²) in [6, 6.07) is 7.31. The number of rotatable bonds is 2. The highest BCUT2D eigenvalue weighted by Gasteiger charge is 2.35. The standard InChI is InChI=1S/C12H17NO3.C2H6/c1-10-4-2-3-5-11(10)12(14,15)13-6-8-16-9-7-13;1-2/h2-5,14-15H,6-9H2,1H3;1-2H3. The zero-order valence-electron chi connectivity index (χ0n) is 11.4.